The number of aromatic nitrogens is 2. The maximum absolute atomic E-state index is 13.6. The van der Waals surface area contributed by atoms with Gasteiger partial charge in [-0.25, -0.2) is 9.97 Å². The zero-order valence-corrected chi connectivity index (χ0v) is 21.6. The zero-order chi connectivity index (χ0) is 25.2. The third-order valence-corrected chi connectivity index (χ3v) is 6.78. The Morgan fingerprint density at radius 1 is 1.19 bits per heavy atom. The van der Waals surface area contributed by atoms with E-state index in [0.717, 1.165) is 23.4 Å². The lowest BCUT2D eigenvalue weighted by Crippen LogP contribution is -2.48. The molecule has 4 rings (SSSR count). The molecular formula is C25H32F3N3O4S. The topological polar surface area (TPSA) is 73.8 Å². The van der Waals surface area contributed by atoms with E-state index in [1.165, 1.54) is 7.11 Å². The molecule has 0 saturated heterocycles. The number of amides is 1. The molecule has 2 aliphatic rings. The molecule has 0 radical (unpaired) electrons. The molecule has 198 valence electrons. The first-order valence-electron chi connectivity index (χ1n) is 11.8. The number of halogens is 3. The number of ether oxygens (including phenoxy) is 3. The third kappa shape index (κ3) is 6.35. The van der Waals surface area contributed by atoms with Gasteiger partial charge in [-0.3, -0.25) is 4.79 Å². The maximum Gasteiger partial charge on any atom is 0.471 e. The summed E-state index contributed by atoms with van der Waals surface area (Å²) in [6.07, 6.45) is -2.40. The van der Waals surface area contributed by atoms with Crippen LogP contribution in [0.2, 0.25) is 0 Å². The highest BCUT2D eigenvalue weighted by Crippen LogP contribution is 2.40. The highest BCUT2D eigenvalue weighted by molar-refractivity contribution is 7.59. The minimum absolute atomic E-state index is 0. The van der Waals surface area contributed by atoms with Crippen molar-refractivity contribution in [2.24, 2.45) is 5.92 Å². The predicted octanol–water partition coefficient (Wildman–Crippen LogP) is 4.93. The van der Waals surface area contributed by atoms with Crippen LogP contribution in [0.15, 0.2) is 24.3 Å². The van der Waals surface area contributed by atoms with Crippen molar-refractivity contribution in [3.8, 4) is 17.5 Å². The monoisotopic (exact) mass is 527 g/mol. The van der Waals surface area contributed by atoms with E-state index >= 15 is 0 Å². The Morgan fingerprint density at radius 2 is 1.94 bits per heavy atom. The number of fused-ring (bicyclic) bond motifs is 1. The molecule has 2 unspecified atom stereocenters. The Kier molecular flexibility index (Phi) is 8.97. The molecular weight excluding hydrogens is 495 g/mol. The van der Waals surface area contributed by atoms with Gasteiger partial charge in [-0.05, 0) is 55.9 Å². The first kappa shape index (κ1) is 27.9. The van der Waals surface area contributed by atoms with Crippen LogP contribution in [0.3, 0.4) is 0 Å². The number of aryl methyl sites for hydroxylation is 1. The van der Waals surface area contributed by atoms with Crippen molar-refractivity contribution in [2.75, 3.05) is 20.3 Å². The summed E-state index contributed by atoms with van der Waals surface area (Å²) in [7, 11) is 1.45. The molecule has 0 bridgehead atoms. The molecule has 0 aromatic carbocycles. The summed E-state index contributed by atoms with van der Waals surface area (Å²) >= 11 is 0. The van der Waals surface area contributed by atoms with Crippen molar-refractivity contribution in [1.82, 2.24) is 14.9 Å². The number of alkyl halides is 3. The maximum atomic E-state index is 13.6. The van der Waals surface area contributed by atoms with Crippen molar-refractivity contribution in [3.05, 3.63) is 41.2 Å². The number of rotatable bonds is 6. The van der Waals surface area contributed by atoms with Crippen LogP contribution in [0.25, 0.3) is 0 Å². The molecule has 3 heterocycles. The van der Waals surface area contributed by atoms with Crippen LogP contribution in [-0.2, 0) is 11.3 Å². The molecule has 0 spiro atoms. The number of carbonyl (C=O) groups is 1. The fraction of sp³-hybridized carbons (Fsp3) is 0.560. The summed E-state index contributed by atoms with van der Waals surface area (Å²) < 4.78 is 57.1. The molecule has 7 nitrogen and oxygen atoms in total. The van der Waals surface area contributed by atoms with E-state index in [4.69, 9.17) is 14.2 Å². The van der Waals surface area contributed by atoms with E-state index in [9.17, 15) is 18.0 Å². The van der Waals surface area contributed by atoms with E-state index in [2.05, 4.69) is 9.97 Å². The average molecular weight is 528 g/mol. The predicted molar refractivity (Wildman–Crippen MR) is 132 cm³/mol. The quantitative estimate of drug-likeness (QED) is 0.531. The molecule has 11 heteroatoms. The standard InChI is InChI=1S/C25H30F3N3O4.H2S/c1-15-11-17(12-22(29-15)33-3)14-31(24(32)25(26,27)28)19-6-4-5-18(13-19)16(2)20-7-8-21-23(30-20)35-10-9-34-21;/h7-8,11-12,16,18-19H,4-6,9-10,13-14H2,1-3H3;1H2/t16?,18?,19-;/m0./s1. The van der Waals surface area contributed by atoms with E-state index in [-0.39, 0.29) is 31.9 Å². The highest BCUT2D eigenvalue weighted by atomic mass is 32.1. The van der Waals surface area contributed by atoms with Gasteiger partial charge in [0.2, 0.25) is 5.88 Å². The largest absolute Gasteiger partial charge is 0.484 e. The van der Waals surface area contributed by atoms with Crippen molar-refractivity contribution in [3.63, 3.8) is 0 Å². The van der Waals surface area contributed by atoms with Gasteiger partial charge < -0.3 is 19.1 Å². The number of pyridine rings is 2. The number of nitrogens with zero attached hydrogens (tertiary/aromatic N) is 3. The summed E-state index contributed by atoms with van der Waals surface area (Å²) in [6.45, 7) is 4.50. The molecule has 3 atom stereocenters. The molecule has 1 amide bonds. The van der Waals surface area contributed by atoms with Crippen LogP contribution in [0, 0.1) is 12.8 Å². The lowest BCUT2D eigenvalue weighted by Gasteiger charge is -2.39. The van der Waals surface area contributed by atoms with Gasteiger partial charge in [0.05, 0.1) is 7.11 Å². The molecule has 1 aliphatic heterocycles. The van der Waals surface area contributed by atoms with Gasteiger partial charge in [-0.15, -0.1) is 0 Å². The summed E-state index contributed by atoms with van der Waals surface area (Å²) in [5.41, 5.74) is 1.97. The van der Waals surface area contributed by atoms with Gasteiger partial charge in [0.25, 0.3) is 5.88 Å². The average Bonchev–Trinajstić information content (AvgIpc) is 2.85. The number of hydrogen-bond acceptors (Lipinski definition) is 6. The van der Waals surface area contributed by atoms with Crippen LogP contribution in [0.5, 0.6) is 17.5 Å². The van der Waals surface area contributed by atoms with Gasteiger partial charge in [-0.2, -0.15) is 26.7 Å². The molecule has 2 aromatic heterocycles. The van der Waals surface area contributed by atoms with Crippen LogP contribution in [0.4, 0.5) is 13.2 Å². The Labute approximate surface area is 215 Å². The summed E-state index contributed by atoms with van der Waals surface area (Å²) in [4.78, 5) is 22.3. The van der Waals surface area contributed by atoms with E-state index in [0.29, 0.717) is 54.8 Å². The summed E-state index contributed by atoms with van der Waals surface area (Å²) in [6, 6.07) is 6.42. The first-order valence-corrected chi connectivity index (χ1v) is 11.8. The zero-order valence-electron chi connectivity index (χ0n) is 20.6. The first-order chi connectivity index (χ1) is 16.7. The SMILES string of the molecule is COc1cc(CN(C(=O)C(F)(F)F)[C@H]2CCCC(C(C)c3ccc4c(n3)OCCO4)C2)cc(C)n1.S. The lowest BCUT2D eigenvalue weighted by atomic mass is 9.76. The molecule has 1 aliphatic carbocycles. The smallest absolute Gasteiger partial charge is 0.471 e. The highest BCUT2D eigenvalue weighted by Gasteiger charge is 2.45. The third-order valence-electron chi connectivity index (χ3n) is 6.78. The van der Waals surface area contributed by atoms with Crippen LogP contribution in [-0.4, -0.2) is 53.3 Å². The molecule has 36 heavy (non-hydrogen) atoms. The minimum atomic E-state index is -4.96. The fourth-order valence-electron chi connectivity index (χ4n) is 5.01. The number of hydrogen-bond donors (Lipinski definition) is 0. The Hall–Kier alpha value is -2.69. The van der Waals surface area contributed by atoms with Gasteiger partial charge in [0.1, 0.15) is 13.2 Å². The molecule has 2 aromatic rings. The van der Waals surface area contributed by atoms with Crippen LogP contribution >= 0.6 is 13.5 Å². The van der Waals surface area contributed by atoms with Crippen molar-refractivity contribution in [1.29, 1.82) is 0 Å². The Bertz CT molecular complexity index is 1070. The number of methoxy groups -OCH3 is 1. The minimum Gasteiger partial charge on any atom is -0.484 e. The van der Waals surface area contributed by atoms with Crippen molar-refractivity contribution in [2.45, 2.75) is 64.2 Å². The number of carbonyl (C=O) groups excluding carboxylic acids is 1. The van der Waals surface area contributed by atoms with E-state index in [1.807, 2.05) is 19.1 Å². The molecule has 1 saturated carbocycles. The normalized spacial score (nSPS) is 20.2. The Morgan fingerprint density at radius 3 is 2.67 bits per heavy atom. The Balaban J connectivity index is 0.00000361. The summed E-state index contributed by atoms with van der Waals surface area (Å²) in [5.74, 6) is -0.413. The summed E-state index contributed by atoms with van der Waals surface area (Å²) in [5, 5.41) is 0. The van der Waals surface area contributed by atoms with Gasteiger partial charge >= 0.3 is 12.1 Å². The van der Waals surface area contributed by atoms with Gasteiger partial charge in [-0.1, -0.05) is 13.3 Å². The molecule has 0 N–H and O–H groups in total. The van der Waals surface area contributed by atoms with Gasteiger partial charge in [0.15, 0.2) is 5.75 Å². The van der Waals surface area contributed by atoms with Gasteiger partial charge in [0, 0.05) is 36.0 Å². The second-order valence-electron chi connectivity index (χ2n) is 9.20. The second kappa shape index (κ2) is 11.6. The van der Waals surface area contributed by atoms with Crippen molar-refractivity contribution < 1.29 is 32.2 Å². The second-order valence-corrected chi connectivity index (χ2v) is 9.20. The molecule has 1 fully saturated rings. The lowest BCUT2D eigenvalue weighted by molar-refractivity contribution is -0.189. The van der Waals surface area contributed by atoms with Crippen LogP contribution < -0.4 is 14.2 Å². The van der Waals surface area contributed by atoms with E-state index < -0.39 is 18.1 Å². The van der Waals surface area contributed by atoms with Crippen LogP contribution in [0.1, 0.15) is 55.5 Å². The van der Waals surface area contributed by atoms with E-state index in [1.54, 1.807) is 19.1 Å². The van der Waals surface area contributed by atoms with Crippen molar-refractivity contribution >= 4 is 19.4 Å². The fourth-order valence-corrected chi connectivity index (χ4v) is 5.01.